The molecule has 1 heterocycles. The van der Waals surface area contributed by atoms with Gasteiger partial charge in [-0.1, -0.05) is 25.1 Å². The van der Waals surface area contributed by atoms with Crippen molar-refractivity contribution in [2.24, 2.45) is 0 Å². The number of rotatable bonds is 5. The number of hydrogen-bond acceptors (Lipinski definition) is 3. The molecule has 144 valence electrons. The van der Waals surface area contributed by atoms with E-state index in [9.17, 15) is 4.79 Å². The summed E-state index contributed by atoms with van der Waals surface area (Å²) in [5.41, 5.74) is 4.81. The Labute approximate surface area is 161 Å². The fourth-order valence-electron chi connectivity index (χ4n) is 3.59. The highest BCUT2D eigenvalue weighted by Crippen LogP contribution is 2.27. The van der Waals surface area contributed by atoms with E-state index in [2.05, 4.69) is 42.3 Å². The average molecular weight is 367 g/mol. The molecule has 1 aliphatic rings. The first-order valence-electron chi connectivity index (χ1n) is 9.74. The maximum Gasteiger partial charge on any atom is 0.321 e. The SMILES string of the molecule is CCOc1ccc(NC(=O)N2CCN(c3c(C)cccc3CC)CC2)cc1. The third-order valence-corrected chi connectivity index (χ3v) is 5.00. The quantitative estimate of drug-likeness (QED) is 0.856. The van der Waals surface area contributed by atoms with E-state index < -0.39 is 0 Å². The molecule has 2 aromatic carbocycles. The van der Waals surface area contributed by atoms with Gasteiger partial charge in [-0.2, -0.15) is 0 Å². The highest BCUT2D eigenvalue weighted by molar-refractivity contribution is 5.89. The molecule has 0 saturated carbocycles. The fourth-order valence-corrected chi connectivity index (χ4v) is 3.59. The standard InChI is InChI=1S/C22H29N3O2/c1-4-18-8-6-7-17(3)21(18)24-13-15-25(16-14-24)22(26)23-19-9-11-20(12-10-19)27-5-2/h6-12H,4-5,13-16H2,1-3H3,(H,23,26). The Morgan fingerprint density at radius 3 is 2.37 bits per heavy atom. The van der Waals surface area contributed by atoms with E-state index in [1.807, 2.05) is 36.1 Å². The van der Waals surface area contributed by atoms with E-state index in [1.54, 1.807) is 0 Å². The largest absolute Gasteiger partial charge is 0.494 e. The van der Waals surface area contributed by atoms with Gasteiger partial charge in [0, 0.05) is 37.6 Å². The summed E-state index contributed by atoms with van der Waals surface area (Å²) in [6.45, 7) is 10.1. The maximum absolute atomic E-state index is 12.6. The van der Waals surface area contributed by atoms with Crippen LogP contribution in [0, 0.1) is 6.92 Å². The molecule has 1 aliphatic heterocycles. The van der Waals surface area contributed by atoms with Crippen LogP contribution < -0.4 is 15.0 Å². The zero-order valence-corrected chi connectivity index (χ0v) is 16.5. The second-order valence-corrected chi connectivity index (χ2v) is 6.80. The Kier molecular flexibility index (Phi) is 6.22. The Hall–Kier alpha value is -2.69. The molecule has 0 unspecified atom stereocenters. The number of amides is 2. The number of hydrogen-bond donors (Lipinski definition) is 1. The molecule has 3 rings (SSSR count). The van der Waals surface area contributed by atoms with E-state index in [0.29, 0.717) is 6.61 Å². The summed E-state index contributed by atoms with van der Waals surface area (Å²) >= 11 is 0. The molecule has 2 amide bonds. The van der Waals surface area contributed by atoms with E-state index in [4.69, 9.17) is 4.74 Å². The van der Waals surface area contributed by atoms with Gasteiger partial charge in [-0.05, 0) is 55.7 Å². The first kappa shape index (κ1) is 19.1. The van der Waals surface area contributed by atoms with Crippen LogP contribution in [0.3, 0.4) is 0 Å². The van der Waals surface area contributed by atoms with Gasteiger partial charge >= 0.3 is 6.03 Å². The number of aryl methyl sites for hydroxylation is 2. The van der Waals surface area contributed by atoms with Crippen LogP contribution in [0.15, 0.2) is 42.5 Å². The van der Waals surface area contributed by atoms with Gasteiger partial charge in [0.05, 0.1) is 6.61 Å². The van der Waals surface area contributed by atoms with Crippen LogP contribution in [0.25, 0.3) is 0 Å². The van der Waals surface area contributed by atoms with Crippen molar-refractivity contribution < 1.29 is 9.53 Å². The molecule has 0 aromatic heterocycles. The normalized spacial score (nSPS) is 14.2. The van der Waals surface area contributed by atoms with Crippen LogP contribution in [0.1, 0.15) is 25.0 Å². The lowest BCUT2D eigenvalue weighted by Crippen LogP contribution is -2.50. The fraction of sp³-hybridized carbons (Fsp3) is 0.409. The van der Waals surface area contributed by atoms with Crippen LogP contribution in [0.4, 0.5) is 16.2 Å². The second-order valence-electron chi connectivity index (χ2n) is 6.80. The minimum Gasteiger partial charge on any atom is -0.494 e. The topological polar surface area (TPSA) is 44.8 Å². The molecule has 0 bridgehead atoms. The molecule has 2 aromatic rings. The minimum atomic E-state index is -0.0423. The van der Waals surface area contributed by atoms with E-state index in [-0.39, 0.29) is 6.03 Å². The summed E-state index contributed by atoms with van der Waals surface area (Å²) in [5.74, 6) is 0.814. The summed E-state index contributed by atoms with van der Waals surface area (Å²) in [6, 6.07) is 14.0. The molecule has 1 saturated heterocycles. The number of nitrogens with zero attached hydrogens (tertiary/aromatic N) is 2. The lowest BCUT2D eigenvalue weighted by Gasteiger charge is -2.37. The van der Waals surface area contributed by atoms with Crippen LogP contribution in [0.5, 0.6) is 5.75 Å². The van der Waals surface area contributed by atoms with Crippen molar-refractivity contribution in [1.29, 1.82) is 0 Å². The lowest BCUT2D eigenvalue weighted by atomic mass is 10.0. The molecule has 0 aliphatic carbocycles. The minimum absolute atomic E-state index is 0.0423. The number of nitrogens with one attached hydrogen (secondary N) is 1. The second kappa shape index (κ2) is 8.80. The van der Waals surface area contributed by atoms with Crippen LogP contribution in [-0.4, -0.2) is 43.7 Å². The van der Waals surface area contributed by atoms with Gasteiger partial charge in [-0.15, -0.1) is 0 Å². The third kappa shape index (κ3) is 4.54. The van der Waals surface area contributed by atoms with Gasteiger partial charge in [0.25, 0.3) is 0 Å². The Morgan fingerprint density at radius 1 is 1.04 bits per heavy atom. The monoisotopic (exact) mass is 367 g/mol. The Balaban J connectivity index is 1.58. The third-order valence-electron chi connectivity index (χ3n) is 5.00. The number of piperazine rings is 1. The zero-order valence-electron chi connectivity index (χ0n) is 16.5. The first-order chi connectivity index (χ1) is 13.1. The summed E-state index contributed by atoms with van der Waals surface area (Å²) < 4.78 is 5.44. The summed E-state index contributed by atoms with van der Waals surface area (Å²) in [6.07, 6.45) is 1.02. The van der Waals surface area contributed by atoms with Gasteiger partial charge < -0.3 is 19.9 Å². The molecule has 5 heteroatoms. The molecule has 27 heavy (non-hydrogen) atoms. The van der Waals surface area contributed by atoms with Gasteiger partial charge in [-0.25, -0.2) is 4.79 Å². The predicted molar refractivity (Wildman–Crippen MR) is 111 cm³/mol. The average Bonchev–Trinajstić information content (AvgIpc) is 2.69. The number of carbonyl (C=O) groups is 1. The number of ether oxygens (including phenoxy) is 1. The first-order valence-corrected chi connectivity index (χ1v) is 9.74. The van der Waals surface area contributed by atoms with E-state index in [1.165, 1.54) is 16.8 Å². The molecule has 1 fully saturated rings. The van der Waals surface area contributed by atoms with Gasteiger partial charge in [-0.3, -0.25) is 0 Å². The van der Waals surface area contributed by atoms with Gasteiger partial charge in [0.1, 0.15) is 5.75 Å². The number of benzene rings is 2. The molecule has 1 N–H and O–H groups in total. The Bertz CT molecular complexity index is 766. The Morgan fingerprint density at radius 2 is 1.74 bits per heavy atom. The molecule has 0 radical (unpaired) electrons. The smallest absolute Gasteiger partial charge is 0.321 e. The van der Waals surface area contributed by atoms with Crippen molar-refractivity contribution in [3.63, 3.8) is 0 Å². The molecule has 0 atom stereocenters. The highest BCUT2D eigenvalue weighted by atomic mass is 16.5. The maximum atomic E-state index is 12.6. The van der Waals surface area contributed by atoms with E-state index in [0.717, 1.165) is 44.0 Å². The van der Waals surface area contributed by atoms with Crippen molar-refractivity contribution in [3.8, 4) is 5.75 Å². The molecular weight excluding hydrogens is 338 g/mol. The number of urea groups is 1. The number of para-hydroxylation sites is 1. The molecule has 5 nitrogen and oxygen atoms in total. The summed E-state index contributed by atoms with van der Waals surface area (Å²) in [4.78, 5) is 16.9. The molecule has 0 spiro atoms. The van der Waals surface area contributed by atoms with Crippen molar-refractivity contribution in [2.45, 2.75) is 27.2 Å². The van der Waals surface area contributed by atoms with E-state index >= 15 is 0 Å². The lowest BCUT2D eigenvalue weighted by molar-refractivity contribution is 0.208. The van der Waals surface area contributed by atoms with Gasteiger partial charge in [0.15, 0.2) is 0 Å². The van der Waals surface area contributed by atoms with Crippen LogP contribution in [-0.2, 0) is 6.42 Å². The predicted octanol–water partition coefficient (Wildman–Crippen LogP) is 4.31. The summed E-state index contributed by atoms with van der Waals surface area (Å²) in [5, 5.41) is 2.98. The van der Waals surface area contributed by atoms with Gasteiger partial charge in [0.2, 0.25) is 0 Å². The zero-order chi connectivity index (χ0) is 19.2. The van der Waals surface area contributed by atoms with Crippen molar-refractivity contribution in [3.05, 3.63) is 53.6 Å². The number of carbonyl (C=O) groups excluding carboxylic acids is 1. The molecular formula is C22H29N3O2. The van der Waals surface area contributed by atoms with Crippen molar-refractivity contribution >= 4 is 17.4 Å². The summed E-state index contributed by atoms with van der Waals surface area (Å²) in [7, 11) is 0. The van der Waals surface area contributed by atoms with Crippen molar-refractivity contribution in [1.82, 2.24) is 4.90 Å². The van der Waals surface area contributed by atoms with Crippen LogP contribution >= 0.6 is 0 Å². The highest BCUT2D eigenvalue weighted by Gasteiger charge is 2.23. The number of anilines is 2. The van der Waals surface area contributed by atoms with Crippen LogP contribution in [0.2, 0.25) is 0 Å². The van der Waals surface area contributed by atoms with Crippen molar-refractivity contribution in [2.75, 3.05) is 43.0 Å².